The lowest BCUT2D eigenvalue weighted by molar-refractivity contribution is 0.288. The number of rotatable bonds is 5. The Morgan fingerprint density at radius 1 is 1.33 bits per heavy atom. The fourth-order valence-electron chi connectivity index (χ4n) is 2.27. The van der Waals surface area contributed by atoms with Crippen molar-refractivity contribution >= 4 is 23.2 Å². The Kier molecular flexibility index (Phi) is 4.88. The van der Waals surface area contributed by atoms with Gasteiger partial charge in [-0.05, 0) is 43.5 Å². The van der Waals surface area contributed by atoms with E-state index >= 15 is 0 Å². The SMILES string of the molecule is CC(NCCC1CCC1)c1cc(F)c(Cl)cc1Cl. The van der Waals surface area contributed by atoms with Gasteiger partial charge in [0.1, 0.15) is 5.82 Å². The third kappa shape index (κ3) is 3.37. The van der Waals surface area contributed by atoms with Crippen molar-refractivity contribution in [3.8, 4) is 0 Å². The highest BCUT2D eigenvalue weighted by molar-refractivity contribution is 6.35. The number of nitrogens with one attached hydrogen (secondary N) is 1. The Labute approximate surface area is 118 Å². The third-order valence-electron chi connectivity index (χ3n) is 3.73. The first kappa shape index (κ1) is 14.1. The molecule has 0 spiro atoms. The van der Waals surface area contributed by atoms with Crippen LogP contribution in [0.4, 0.5) is 4.39 Å². The van der Waals surface area contributed by atoms with Crippen molar-refractivity contribution in [2.75, 3.05) is 6.54 Å². The summed E-state index contributed by atoms with van der Waals surface area (Å²) < 4.78 is 13.4. The average molecular weight is 290 g/mol. The van der Waals surface area contributed by atoms with E-state index in [9.17, 15) is 4.39 Å². The minimum Gasteiger partial charge on any atom is -0.310 e. The normalized spacial score (nSPS) is 17.6. The predicted molar refractivity (Wildman–Crippen MR) is 74.8 cm³/mol. The van der Waals surface area contributed by atoms with E-state index in [1.165, 1.54) is 37.8 Å². The van der Waals surface area contributed by atoms with Crippen LogP contribution in [0.15, 0.2) is 12.1 Å². The van der Waals surface area contributed by atoms with Gasteiger partial charge in [-0.2, -0.15) is 0 Å². The monoisotopic (exact) mass is 289 g/mol. The van der Waals surface area contributed by atoms with E-state index in [-0.39, 0.29) is 11.1 Å². The Morgan fingerprint density at radius 2 is 2.06 bits per heavy atom. The summed E-state index contributed by atoms with van der Waals surface area (Å²) in [5.41, 5.74) is 0.771. The molecule has 1 fully saturated rings. The average Bonchev–Trinajstić information content (AvgIpc) is 2.26. The highest BCUT2D eigenvalue weighted by Gasteiger charge is 2.18. The number of benzene rings is 1. The fourth-order valence-corrected chi connectivity index (χ4v) is 2.81. The molecular weight excluding hydrogens is 272 g/mol. The van der Waals surface area contributed by atoms with Crippen LogP contribution in [-0.4, -0.2) is 6.54 Å². The lowest BCUT2D eigenvalue weighted by Crippen LogP contribution is -2.24. The quantitative estimate of drug-likeness (QED) is 0.755. The van der Waals surface area contributed by atoms with Crippen LogP contribution in [-0.2, 0) is 0 Å². The molecular formula is C14H18Cl2FN. The largest absolute Gasteiger partial charge is 0.310 e. The molecule has 1 aliphatic carbocycles. The van der Waals surface area contributed by atoms with Crippen molar-refractivity contribution in [2.24, 2.45) is 5.92 Å². The van der Waals surface area contributed by atoms with Crippen molar-refractivity contribution in [1.82, 2.24) is 5.32 Å². The Bertz CT molecular complexity index is 419. The molecule has 1 atom stereocenters. The highest BCUT2D eigenvalue weighted by atomic mass is 35.5. The lowest BCUT2D eigenvalue weighted by atomic mass is 9.83. The van der Waals surface area contributed by atoms with Gasteiger partial charge in [0.25, 0.3) is 0 Å². The van der Waals surface area contributed by atoms with Gasteiger partial charge in [-0.25, -0.2) is 4.39 Å². The summed E-state index contributed by atoms with van der Waals surface area (Å²) in [4.78, 5) is 0. The molecule has 0 heterocycles. The maximum absolute atomic E-state index is 13.4. The van der Waals surface area contributed by atoms with E-state index in [4.69, 9.17) is 23.2 Å². The second kappa shape index (κ2) is 6.23. The molecule has 18 heavy (non-hydrogen) atoms. The van der Waals surface area contributed by atoms with Crippen molar-refractivity contribution in [3.05, 3.63) is 33.6 Å². The van der Waals surface area contributed by atoms with E-state index in [1.54, 1.807) is 0 Å². The van der Waals surface area contributed by atoms with Gasteiger partial charge in [0, 0.05) is 11.1 Å². The van der Waals surface area contributed by atoms with Gasteiger partial charge in [0.15, 0.2) is 0 Å². The minimum atomic E-state index is -0.413. The predicted octanol–water partition coefficient (Wildman–Crippen LogP) is 4.97. The second-order valence-corrected chi connectivity index (χ2v) is 5.86. The van der Waals surface area contributed by atoms with Crippen molar-refractivity contribution in [1.29, 1.82) is 0 Å². The minimum absolute atomic E-state index is 0.0457. The van der Waals surface area contributed by atoms with Gasteiger partial charge >= 0.3 is 0 Å². The Hall–Kier alpha value is -0.310. The summed E-state index contributed by atoms with van der Waals surface area (Å²) in [5, 5.41) is 3.98. The van der Waals surface area contributed by atoms with Crippen LogP contribution < -0.4 is 5.32 Å². The van der Waals surface area contributed by atoms with Gasteiger partial charge in [-0.1, -0.05) is 42.5 Å². The van der Waals surface area contributed by atoms with Crippen LogP contribution >= 0.6 is 23.2 Å². The smallest absolute Gasteiger partial charge is 0.142 e. The Morgan fingerprint density at radius 3 is 2.67 bits per heavy atom. The van der Waals surface area contributed by atoms with Crippen LogP contribution in [0.2, 0.25) is 10.0 Å². The maximum Gasteiger partial charge on any atom is 0.142 e. The summed E-state index contributed by atoms with van der Waals surface area (Å²) in [7, 11) is 0. The van der Waals surface area contributed by atoms with Crippen LogP contribution in [0.25, 0.3) is 0 Å². The van der Waals surface area contributed by atoms with Crippen LogP contribution in [0, 0.1) is 11.7 Å². The molecule has 0 saturated heterocycles. The second-order valence-electron chi connectivity index (χ2n) is 5.05. The molecule has 1 aliphatic rings. The van der Waals surface area contributed by atoms with E-state index < -0.39 is 5.82 Å². The molecule has 100 valence electrons. The first-order chi connectivity index (χ1) is 8.58. The van der Waals surface area contributed by atoms with Gasteiger partial charge < -0.3 is 5.32 Å². The zero-order chi connectivity index (χ0) is 13.1. The molecule has 1 N–H and O–H groups in total. The molecule has 1 nitrogen and oxygen atoms in total. The van der Waals surface area contributed by atoms with Crippen molar-refractivity contribution in [2.45, 2.75) is 38.6 Å². The molecule has 1 aromatic rings. The lowest BCUT2D eigenvalue weighted by Gasteiger charge is -2.26. The number of hydrogen-bond donors (Lipinski definition) is 1. The van der Waals surface area contributed by atoms with Gasteiger partial charge in [-0.15, -0.1) is 0 Å². The van der Waals surface area contributed by atoms with E-state index in [2.05, 4.69) is 5.32 Å². The number of halogens is 3. The summed E-state index contributed by atoms with van der Waals surface area (Å²) >= 11 is 11.8. The summed E-state index contributed by atoms with van der Waals surface area (Å²) in [6, 6.07) is 2.94. The molecule has 0 radical (unpaired) electrons. The van der Waals surface area contributed by atoms with Gasteiger partial charge in [0.2, 0.25) is 0 Å². The van der Waals surface area contributed by atoms with Crippen molar-refractivity contribution < 1.29 is 4.39 Å². The third-order valence-corrected chi connectivity index (χ3v) is 4.35. The van der Waals surface area contributed by atoms with E-state index in [0.717, 1.165) is 18.0 Å². The molecule has 0 amide bonds. The van der Waals surface area contributed by atoms with Crippen LogP contribution in [0.1, 0.15) is 44.2 Å². The highest BCUT2D eigenvalue weighted by Crippen LogP contribution is 2.30. The molecule has 0 aliphatic heterocycles. The molecule has 0 aromatic heterocycles. The van der Waals surface area contributed by atoms with Crippen LogP contribution in [0.5, 0.6) is 0 Å². The molecule has 0 bridgehead atoms. The molecule has 1 unspecified atom stereocenters. The maximum atomic E-state index is 13.4. The molecule has 4 heteroatoms. The molecule has 1 aromatic carbocycles. The van der Waals surface area contributed by atoms with Crippen molar-refractivity contribution in [3.63, 3.8) is 0 Å². The summed E-state index contributed by atoms with van der Waals surface area (Å²) in [6.45, 7) is 2.95. The van der Waals surface area contributed by atoms with E-state index in [1.807, 2.05) is 6.92 Å². The topological polar surface area (TPSA) is 12.0 Å². The first-order valence-electron chi connectivity index (χ1n) is 6.45. The van der Waals surface area contributed by atoms with Crippen LogP contribution in [0.3, 0.4) is 0 Å². The first-order valence-corrected chi connectivity index (χ1v) is 7.21. The van der Waals surface area contributed by atoms with Gasteiger partial charge in [0.05, 0.1) is 5.02 Å². The zero-order valence-corrected chi connectivity index (χ0v) is 12.0. The summed E-state index contributed by atoms with van der Waals surface area (Å²) in [6.07, 6.45) is 5.27. The fraction of sp³-hybridized carbons (Fsp3) is 0.571. The Balaban J connectivity index is 1.90. The zero-order valence-electron chi connectivity index (χ0n) is 10.5. The van der Waals surface area contributed by atoms with E-state index in [0.29, 0.717) is 5.02 Å². The molecule has 1 saturated carbocycles. The van der Waals surface area contributed by atoms with Gasteiger partial charge in [-0.3, -0.25) is 0 Å². The number of hydrogen-bond acceptors (Lipinski definition) is 1. The standard InChI is InChI=1S/C14H18Cl2FN/c1-9(18-6-5-10-3-2-4-10)11-7-14(17)13(16)8-12(11)15/h7-10,18H,2-6H2,1H3. The molecule has 2 rings (SSSR count). The summed E-state index contributed by atoms with van der Waals surface area (Å²) in [5.74, 6) is 0.464.